The van der Waals surface area contributed by atoms with Crippen molar-refractivity contribution >= 4 is 23.4 Å². The third-order valence-electron chi connectivity index (χ3n) is 5.53. The van der Waals surface area contributed by atoms with Crippen molar-refractivity contribution in [1.82, 2.24) is 15.6 Å². The van der Waals surface area contributed by atoms with E-state index in [-0.39, 0.29) is 19.0 Å². The maximum Gasteiger partial charge on any atom is 0.414 e. The lowest BCUT2D eigenvalue weighted by Gasteiger charge is -2.15. The Kier molecular flexibility index (Phi) is 7.91. The Morgan fingerprint density at radius 2 is 2.08 bits per heavy atom. The number of oxime groups is 1. The largest absolute Gasteiger partial charge is 0.451 e. The smallest absolute Gasteiger partial charge is 0.414 e. The minimum Gasteiger partial charge on any atom is -0.451 e. The van der Waals surface area contributed by atoms with Gasteiger partial charge in [0.1, 0.15) is 31.0 Å². The van der Waals surface area contributed by atoms with Gasteiger partial charge < -0.3 is 24.6 Å². The highest BCUT2D eigenvalue weighted by atomic mass is 19.1. The molecule has 0 saturated carbocycles. The second kappa shape index (κ2) is 11.5. The van der Waals surface area contributed by atoms with Gasteiger partial charge in [-0.05, 0) is 23.8 Å². The van der Waals surface area contributed by atoms with E-state index in [1.807, 2.05) is 12.1 Å². The molecule has 2 amide bonds. The molecule has 0 aliphatic carbocycles. The van der Waals surface area contributed by atoms with Crippen molar-refractivity contribution < 1.29 is 28.0 Å². The molecule has 188 valence electrons. The van der Waals surface area contributed by atoms with Gasteiger partial charge in [0.2, 0.25) is 5.91 Å². The lowest BCUT2D eigenvalue weighted by Crippen LogP contribution is -2.33. The minimum atomic E-state index is -0.580. The van der Waals surface area contributed by atoms with Crippen LogP contribution in [0.5, 0.6) is 0 Å². The van der Waals surface area contributed by atoms with E-state index in [0.717, 1.165) is 11.3 Å². The number of hydrogen-bond acceptors (Lipinski definition) is 8. The quantitative estimate of drug-likeness (QED) is 0.328. The Labute approximate surface area is 207 Å². The van der Waals surface area contributed by atoms with Crippen molar-refractivity contribution in [3.8, 4) is 11.1 Å². The van der Waals surface area contributed by atoms with Gasteiger partial charge in [0.25, 0.3) is 0 Å². The van der Waals surface area contributed by atoms with Crippen molar-refractivity contribution in [2.24, 2.45) is 5.16 Å². The Bertz CT molecular complexity index is 1230. The molecule has 0 spiro atoms. The van der Waals surface area contributed by atoms with Crippen LogP contribution in [-0.2, 0) is 20.9 Å². The highest BCUT2D eigenvalue weighted by Crippen LogP contribution is 2.29. The molecule has 36 heavy (non-hydrogen) atoms. The molecule has 1 aliphatic rings. The Hall–Kier alpha value is -4.25. The molecular weight excluding hydrogens is 469 g/mol. The van der Waals surface area contributed by atoms with Gasteiger partial charge in [-0.2, -0.15) is 0 Å². The number of rotatable bonds is 10. The summed E-state index contributed by atoms with van der Waals surface area (Å²) in [4.78, 5) is 33.7. The van der Waals surface area contributed by atoms with Crippen LogP contribution < -0.4 is 15.5 Å². The van der Waals surface area contributed by atoms with Gasteiger partial charge in [0.15, 0.2) is 6.39 Å². The molecule has 0 radical (unpaired) electrons. The molecule has 1 aromatic heterocycles. The fourth-order valence-corrected chi connectivity index (χ4v) is 3.78. The Morgan fingerprint density at radius 1 is 1.28 bits per heavy atom. The number of aromatic nitrogens is 1. The second-order valence-electron chi connectivity index (χ2n) is 8.10. The summed E-state index contributed by atoms with van der Waals surface area (Å²) < 4.78 is 25.3. The van der Waals surface area contributed by atoms with E-state index in [2.05, 4.69) is 20.8 Å². The molecule has 11 heteroatoms. The van der Waals surface area contributed by atoms with Crippen LogP contribution in [0.15, 0.2) is 64.7 Å². The molecule has 10 nitrogen and oxygen atoms in total. The van der Waals surface area contributed by atoms with Crippen LogP contribution in [0.3, 0.4) is 0 Å². The van der Waals surface area contributed by atoms with Crippen molar-refractivity contribution in [2.45, 2.75) is 19.6 Å². The number of ether oxygens (including phenoxy) is 1. The number of carbonyl (C=O) groups is 2. The number of nitrogens with one attached hydrogen (secondary N) is 2. The van der Waals surface area contributed by atoms with E-state index in [9.17, 15) is 9.59 Å². The predicted molar refractivity (Wildman–Crippen MR) is 130 cm³/mol. The number of carbonyl (C=O) groups excluding carboxylic acids is 2. The van der Waals surface area contributed by atoms with Crippen LogP contribution in [0, 0.1) is 5.82 Å². The molecule has 1 atom stereocenters. The fraction of sp³-hybridized carbons (Fsp3) is 0.280. The van der Waals surface area contributed by atoms with Crippen LogP contribution in [0.1, 0.15) is 18.2 Å². The molecule has 1 aliphatic heterocycles. The number of nitrogens with zero attached hydrogens (tertiary/aromatic N) is 3. The summed E-state index contributed by atoms with van der Waals surface area (Å²) in [5, 5.41) is 9.93. The Morgan fingerprint density at radius 3 is 2.75 bits per heavy atom. The van der Waals surface area contributed by atoms with Gasteiger partial charge in [-0.25, -0.2) is 14.2 Å². The Balaban J connectivity index is 1.43. The third-order valence-corrected chi connectivity index (χ3v) is 5.53. The topological polar surface area (TPSA) is 118 Å². The van der Waals surface area contributed by atoms with Gasteiger partial charge >= 0.3 is 6.09 Å². The van der Waals surface area contributed by atoms with Gasteiger partial charge in [0, 0.05) is 31.1 Å². The van der Waals surface area contributed by atoms with Crippen molar-refractivity contribution in [3.05, 3.63) is 72.2 Å². The highest BCUT2D eigenvalue weighted by molar-refractivity contribution is 6.02. The van der Waals surface area contributed by atoms with Crippen LogP contribution in [0.4, 0.5) is 14.9 Å². The lowest BCUT2D eigenvalue weighted by atomic mass is 10.0. The van der Waals surface area contributed by atoms with E-state index in [4.69, 9.17) is 14.0 Å². The normalized spacial score (nSPS) is 15.6. The molecule has 0 unspecified atom stereocenters. The summed E-state index contributed by atoms with van der Waals surface area (Å²) in [5.74, 6) is -0.687. The fourth-order valence-electron chi connectivity index (χ4n) is 3.78. The van der Waals surface area contributed by atoms with Crippen molar-refractivity contribution in [1.29, 1.82) is 0 Å². The lowest BCUT2D eigenvalue weighted by molar-refractivity contribution is -0.119. The van der Waals surface area contributed by atoms with E-state index in [0.29, 0.717) is 35.6 Å². The highest BCUT2D eigenvalue weighted by Gasteiger charge is 2.32. The maximum atomic E-state index is 15.0. The summed E-state index contributed by atoms with van der Waals surface area (Å²) in [6.45, 7) is 2.75. The zero-order valence-electron chi connectivity index (χ0n) is 19.9. The second-order valence-corrected chi connectivity index (χ2v) is 8.10. The van der Waals surface area contributed by atoms with Crippen molar-refractivity contribution in [3.63, 3.8) is 0 Å². The predicted octanol–water partition coefficient (Wildman–Crippen LogP) is 3.08. The minimum absolute atomic E-state index is 0.203. The number of hydrogen-bond donors (Lipinski definition) is 2. The van der Waals surface area contributed by atoms with Gasteiger partial charge in [-0.1, -0.05) is 29.4 Å². The SMILES string of the molecule is CO/N=C(\CNCc1cocn1)c1ccc(-c2ccc(N3C[C@H](CNC(C)=O)OC3=O)cc2F)cc1. The molecule has 3 aromatic rings. The molecule has 2 N–H and O–H groups in total. The van der Waals surface area contributed by atoms with E-state index >= 15 is 4.39 Å². The van der Waals surface area contributed by atoms with Crippen LogP contribution in [0.2, 0.25) is 0 Å². The first-order valence-corrected chi connectivity index (χ1v) is 11.3. The molecular formula is C25H26FN5O5. The summed E-state index contributed by atoms with van der Waals surface area (Å²) in [5.41, 5.74) is 3.70. The number of cyclic esters (lactones) is 1. The first kappa shape index (κ1) is 24.9. The summed E-state index contributed by atoms with van der Waals surface area (Å²) in [7, 11) is 1.47. The van der Waals surface area contributed by atoms with Crippen molar-refractivity contribution in [2.75, 3.05) is 31.6 Å². The monoisotopic (exact) mass is 495 g/mol. The van der Waals surface area contributed by atoms with Gasteiger partial charge in [-0.3, -0.25) is 9.69 Å². The molecule has 1 fully saturated rings. The average molecular weight is 496 g/mol. The van der Waals surface area contributed by atoms with Gasteiger partial charge in [-0.15, -0.1) is 0 Å². The molecule has 1 saturated heterocycles. The summed E-state index contributed by atoms with van der Waals surface area (Å²) in [6, 6.07) is 11.9. The number of oxazole rings is 1. The van der Waals surface area contributed by atoms with Crippen LogP contribution in [-0.4, -0.2) is 55.5 Å². The average Bonchev–Trinajstić information content (AvgIpc) is 3.52. The van der Waals surface area contributed by atoms with E-state index in [1.165, 1.54) is 31.4 Å². The van der Waals surface area contributed by atoms with Crippen LogP contribution in [0.25, 0.3) is 11.1 Å². The standard InChI is InChI=1S/C25H26FN5O5/c1-16(32)28-11-21-13-31(25(33)36-21)20-7-8-22(23(26)9-20)17-3-5-18(6-4-17)24(30-34-2)12-27-10-19-14-35-15-29-19/h3-9,14-15,21,27H,10-13H2,1-2H3,(H,28,32)/b30-24+/t21-/m0/s1. The zero-order valence-corrected chi connectivity index (χ0v) is 19.9. The first-order chi connectivity index (χ1) is 17.4. The molecule has 2 aromatic carbocycles. The first-order valence-electron chi connectivity index (χ1n) is 11.3. The molecule has 0 bridgehead atoms. The summed E-state index contributed by atoms with van der Waals surface area (Å²) >= 11 is 0. The zero-order chi connectivity index (χ0) is 25.5. The number of benzene rings is 2. The molecule has 4 rings (SSSR count). The number of anilines is 1. The molecule has 2 heterocycles. The van der Waals surface area contributed by atoms with E-state index < -0.39 is 18.0 Å². The number of halogens is 1. The van der Waals surface area contributed by atoms with Gasteiger partial charge in [0.05, 0.1) is 24.5 Å². The third kappa shape index (κ3) is 6.05. The number of amides is 2. The van der Waals surface area contributed by atoms with E-state index in [1.54, 1.807) is 30.5 Å². The maximum absolute atomic E-state index is 15.0. The van der Waals surface area contributed by atoms with Crippen LogP contribution >= 0.6 is 0 Å². The summed E-state index contributed by atoms with van der Waals surface area (Å²) in [6.07, 6.45) is 1.85.